The van der Waals surface area contributed by atoms with Crippen LogP contribution in [-0.4, -0.2) is 21.8 Å². The molecular formula is C22H26FN3O. The van der Waals surface area contributed by atoms with Gasteiger partial charge < -0.3 is 9.72 Å². The Kier molecular flexibility index (Phi) is 6.22. The number of nitrogens with one attached hydrogen (secondary N) is 1. The van der Waals surface area contributed by atoms with Crippen molar-refractivity contribution in [2.24, 2.45) is 0 Å². The summed E-state index contributed by atoms with van der Waals surface area (Å²) in [4.78, 5) is 17.0. The highest BCUT2D eigenvalue weighted by Gasteiger charge is 2.24. The molecule has 5 heteroatoms. The van der Waals surface area contributed by atoms with E-state index in [0.717, 1.165) is 36.2 Å². The zero-order chi connectivity index (χ0) is 19.2. The maximum Gasteiger partial charge on any atom is 0.221 e. The normalized spacial score (nSPS) is 12.3. The molecule has 1 aromatic carbocycles. The molecule has 1 N–H and O–H groups in total. The van der Waals surface area contributed by atoms with Crippen LogP contribution >= 0.6 is 0 Å². The monoisotopic (exact) mass is 367 g/mol. The number of benzene rings is 1. The first kappa shape index (κ1) is 19.1. The van der Waals surface area contributed by atoms with Gasteiger partial charge in [-0.2, -0.15) is 0 Å². The van der Waals surface area contributed by atoms with E-state index >= 15 is 0 Å². The topological polar surface area (TPSA) is 46.4 Å². The summed E-state index contributed by atoms with van der Waals surface area (Å²) in [6.45, 7) is 4.77. The Hall–Kier alpha value is -2.69. The van der Waals surface area contributed by atoms with Crippen molar-refractivity contribution in [2.45, 2.75) is 45.4 Å². The minimum Gasteiger partial charge on any atom is -0.356 e. The minimum atomic E-state index is -0.394. The van der Waals surface area contributed by atoms with E-state index in [2.05, 4.69) is 17.2 Å². The Balaban J connectivity index is 1.92. The second-order valence-corrected chi connectivity index (χ2v) is 6.90. The number of carbonyl (C=O) groups is 1. The van der Waals surface area contributed by atoms with Crippen molar-refractivity contribution in [3.63, 3.8) is 0 Å². The number of imidazole rings is 1. The minimum absolute atomic E-state index is 0.0676. The Morgan fingerprint density at radius 3 is 2.81 bits per heavy atom. The molecule has 4 nitrogen and oxygen atoms in total. The van der Waals surface area contributed by atoms with Crippen molar-refractivity contribution in [3.05, 3.63) is 71.4 Å². The molecule has 1 amide bonds. The molecule has 0 spiro atoms. The fourth-order valence-electron chi connectivity index (χ4n) is 3.42. The van der Waals surface area contributed by atoms with Crippen LogP contribution in [0.5, 0.6) is 0 Å². The van der Waals surface area contributed by atoms with Crippen molar-refractivity contribution in [2.75, 3.05) is 6.54 Å². The third-order valence-electron chi connectivity index (χ3n) is 4.89. The van der Waals surface area contributed by atoms with Crippen LogP contribution in [0.25, 0.3) is 5.65 Å². The van der Waals surface area contributed by atoms with Crippen molar-refractivity contribution < 1.29 is 9.18 Å². The number of hydrogen-bond donors (Lipinski definition) is 1. The number of pyridine rings is 1. The van der Waals surface area contributed by atoms with Crippen LogP contribution < -0.4 is 5.32 Å². The molecule has 3 rings (SSSR count). The predicted molar refractivity (Wildman–Crippen MR) is 105 cm³/mol. The number of halogens is 1. The van der Waals surface area contributed by atoms with Gasteiger partial charge in [0.15, 0.2) is 0 Å². The van der Waals surface area contributed by atoms with Gasteiger partial charge in [-0.15, -0.1) is 0 Å². The number of aryl methyl sites for hydroxylation is 1. The standard InChI is InChI=1S/C22H26FN3O/c1-3-4-7-12-24-21(27)14-18(17-10-5-6-11-19(17)23)20-15-25-22-16(2)9-8-13-26(20)22/h5-6,8-11,13,15,18H,3-4,7,12,14H2,1-2H3,(H,24,27). The number of nitrogens with zero attached hydrogens (tertiary/aromatic N) is 2. The van der Waals surface area contributed by atoms with Crippen LogP contribution in [0.15, 0.2) is 48.8 Å². The quantitative estimate of drug-likeness (QED) is 0.591. The van der Waals surface area contributed by atoms with E-state index in [0.29, 0.717) is 12.1 Å². The molecule has 0 saturated heterocycles. The molecule has 1 atom stereocenters. The fraction of sp³-hybridized carbons (Fsp3) is 0.364. The Morgan fingerprint density at radius 1 is 1.22 bits per heavy atom. The van der Waals surface area contributed by atoms with Crippen molar-refractivity contribution >= 4 is 11.6 Å². The maximum absolute atomic E-state index is 14.6. The molecule has 0 bridgehead atoms. The SMILES string of the molecule is CCCCCNC(=O)CC(c1ccccc1F)c1cnc2c(C)cccn12. The smallest absolute Gasteiger partial charge is 0.221 e. The van der Waals surface area contributed by atoms with E-state index in [4.69, 9.17) is 0 Å². The summed E-state index contributed by atoms with van der Waals surface area (Å²) in [6, 6.07) is 10.6. The van der Waals surface area contributed by atoms with Crippen molar-refractivity contribution in [1.29, 1.82) is 0 Å². The molecule has 0 aliphatic carbocycles. The lowest BCUT2D eigenvalue weighted by molar-refractivity contribution is -0.121. The van der Waals surface area contributed by atoms with Gasteiger partial charge in [0.25, 0.3) is 0 Å². The van der Waals surface area contributed by atoms with Crippen LogP contribution in [0, 0.1) is 12.7 Å². The summed E-state index contributed by atoms with van der Waals surface area (Å²) in [5, 5.41) is 2.97. The van der Waals surface area contributed by atoms with Gasteiger partial charge in [0.05, 0.1) is 5.69 Å². The summed E-state index contributed by atoms with van der Waals surface area (Å²) < 4.78 is 16.5. The average Bonchev–Trinajstić information content (AvgIpc) is 3.09. The summed E-state index contributed by atoms with van der Waals surface area (Å²) in [7, 11) is 0. The lowest BCUT2D eigenvalue weighted by atomic mass is 9.92. The second kappa shape index (κ2) is 8.80. The van der Waals surface area contributed by atoms with E-state index in [1.807, 2.05) is 29.7 Å². The van der Waals surface area contributed by atoms with Crippen molar-refractivity contribution in [1.82, 2.24) is 14.7 Å². The molecule has 1 unspecified atom stereocenters. The molecule has 142 valence electrons. The third kappa shape index (κ3) is 4.35. The molecule has 2 aromatic heterocycles. The molecule has 0 aliphatic rings. The molecule has 2 heterocycles. The van der Waals surface area contributed by atoms with Crippen LogP contribution in [0.3, 0.4) is 0 Å². The highest BCUT2D eigenvalue weighted by Crippen LogP contribution is 2.31. The summed E-state index contributed by atoms with van der Waals surface area (Å²) in [5.41, 5.74) is 3.21. The van der Waals surface area contributed by atoms with Gasteiger partial charge in [-0.3, -0.25) is 4.79 Å². The Morgan fingerprint density at radius 2 is 2.04 bits per heavy atom. The largest absolute Gasteiger partial charge is 0.356 e. The van der Waals surface area contributed by atoms with Gasteiger partial charge in [-0.05, 0) is 36.6 Å². The van der Waals surface area contributed by atoms with Crippen molar-refractivity contribution in [3.8, 4) is 0 Å². The summed E-state index contributed by atoms with van der Waals surface area (Å²) >= 11 is 0. The number of carbonyl (C=O) groups excluding carboxylic acids is 1. The van der Waals surface area contributed by atoms with Gasteiger partial charge in [0.2, 0.25) is 5.91 Å². The number of hydrogen-bond acceptors (Lipinski definition) is 2. The zero-order valence-electron chi connectivity index (χ0n) is 15.9. The van der Waals surface area contributed by atoms with Gasteiger partial charge >= 0.3 is 0 Å². The molecule has 0 fully saturated rings. The van der Waals surface area contributed by atoms with E-state index in [9.17, 15) is 9.18 Å². The Labute approximate surface area is 159 Å². The summed E-state index contributed by atoms with van der Waals surface area (Å²) in [5.74, 6) is -0.764. The van der Waals surface area contributed by atoms with Gasteiger partial charge in [0.1, 0.15) is 11.5 Å². The summed E-state index contributed by atoms with van der Waals surface area (Å²) in [6.07, 6.45) is 7.01. The second-order valence-electron chi connectivity index (χ2n) is 6.90. The molecule has 27 heavy (non-hydrogen) atoms. The van der Waals surface area contributed by atoms with E-state index in [1.54, 1.807) is 24.4 Å². The van der Waals surface area contributed by atoms with Gasteiger partial charge in [-0.1, -0.05) is 44.0 Å². The van der Waals surface area contributed by atoms with E-state index < -0.39 is 5.92 Å². The van der Waals surface area contributed by atoms with E-state index in [1.165, 1.54) is 6.07 Å². The number of rotatable bonds is 8. The molecule has 0 radical (unpaired) electrons. The highest BCUT2D eigenvalue weighted by molar-refractivity contribution is 5.77. The van der Waals surface area contributed by atoms with Crippen LogP contribution in [0.1, 0.15) is 55.3 Å². The zero-order valence-corrected chi connectivity index (χ0v) is 15.9. The molecule has 3 aromatic rings. The molecular weight excluding hydrogens is 341 g/mol. The van der Waals surface area contributed by atoms with Gasteiger partial charge in [-0.25, -0.2) is 9.37 Å². The average molecular weight is 367 g/mol. The lowest BCUT2D eigenvalue weighted by Crippen LogP contribution is -2.27. The first-order valence-electron chi connectivity index (χ1n) is 9.55. The molecule has 0 aliphatic heterocycles. The highest BCUT2D eigenvalue weighted by atomic mass is 19.1. The van der Waals surface area contributed by atoms with Crippen LogP contribution in [0.4, 0.5) is 4.39 Å². The van der Waals surface area contributed by atoms with Crippen LogP contribution in [-0.2, 0) is 4.79 Å². The lowest BCUT2D eigenvalue weighted by Gasteiger charge is -2.18. The first-order chi connectivity index (χ1) is 13.1. The number of unbranched alkanes of at least 4 members (excludes halogenated alkanes) is 2. The maximum atomic E-state index is 14.6. The number of aromatic nitrogens is 2. The van der Waals surface area contributed by atoms with E-state index in [-0.39, 0.29) is 18.1 Å². The Bertz CT molecular complexity index is 919. The predicted octanol–water partition coefficient (Wildman–Crippen LogP) is 4.61. The van der Waals surface area contributed by atoms with Crippen LogP contribution in [0.2, 0.25) is 0 Å². The number of fused-ring (bicyclic) bond motifs is 1. The van der Waals surface area contributed by atoms with Gasteiger partial charge in [0, 0.05) is 31.3 Å². The third-order valence-corrected chi connectivity index (χ3v) is 4.89. The number of amides is 1. The first-order valence-corrected chi connectivity index (χ1v) is 9.55. The molecule has 0 saturated carbocycles. The fourth-order valence-corrected chi connectivity index (χ4v) is 3.42.